The van der Waals surface area contributed by atoms with E-state index in [0.717, 1.165) is 17.8 Å². The van der Waals surface area contributed by atoms with E-state index >= 15 is 0 Å². The van der Waals surface area contributed by atoms with Gasteiger partial charge in [0, 0.05) is 31.9 Å². The van der Waals surface area contributed by atoms with E-state index in [1.807, 2.05) is 23.1 Å². The lowest BCUT2D eigenvalue weighted by molar-refractivity contribution is -0.137. The topological polar surface area (TPSA) is 42.2 Å². The monoisotopic (exact) mass is 295 g/mol. The normalized spacial score (nSPS) is 11.4. The van der Waals surface area contributed by atoms with E-state index in [9.17, 15) is 13.2 Å². The number of nitrogen functional groups attached to an aromatic ring is 1. The maximum atomic E-state index is 12.6. The summed E-state index contributed by atoms with van der Waals surface area (Å²) in [6, 6.07) is 9.05. The molecule has 0 aliphatic heterocycles. The van der Waals surface area contributed by atoms with Crippen molar-refractivity contribution >= 4 is 11.4 Å². The zero-order chi connectivity index (χ0) is 15.5. The average Bonchev–Trinajstić information content (AvgIpc) is 2.45. The molecule has 0 spiro atoms. The highest BCUT2D eigenvalue weighted by Crippen LogP contribution is 2.33. The molecular weight excluding hydrogens is 279 g/mol. The number of rotatable bonds is 4. The molecule has 0 unspecified atom stereocenters. The molecule has 1 aromatic carbocycles. The maximum Gasteiger partial charge on any atom is 0.416 e. The van der Waals surface area contributed by atoms with Crippen molar-refractivity contribution < 1.29 is 13.2 Å². The number of hydrogen-bond donors (Lipinski definition) is 1. The Morgan fingerprint density at radius 2 is 1.95 bits per heavy atom. The molecular formula is C15H16F3N3. The summed E-state index contributed by atoms with van der Waals surface area (Å²) in [5.74, 6) is 0. The van der Waals surface area contributed by atoms with Crippen LogP contribution in [0.4, 0.5) is 24.5 Å². The van der Waals surface area contributed by atoms with Crippen LogP contribution < -0.4 is 10.6 Å². The van der Waals surface area contributed by atoms with Crippen LogP contribution >= 0.6 is 0 Å². The summed E-state index contributed by atoms with van der Waals surface area (Å²) in [6.45, 7) is 0.618. The molecule has 21 heavy (non-hydrogen) atoms. The molecule has 2 N–H and O–H groups in total. The third-order valence-corrected chi connectivity index (χ3v) is 3.20. The quantitative estimate of drug-likeness (QED) is 0.879. The number of alkyl halides is 3. The minimum Gasteiger partial charge on any atom is -0.397 e. The van der Waals surface area contributed by atoms with Gasteiger partial charge < -0.3 is 10.6 Å². The standard InChI is InChI=1S/C15H16F3N3/c1-21(9-7-12-4-2-3-8-20-12)14-6-5-11(10-13(14)19)15(16,17)18/h2-6,8,10H,7,9,19H2,1H3. The van der Waals surface area contributed by atoms with Gasteiger partial charge in [0.1, 0.15) is 0 Å². The van der Waals surface area contributed by atoms with Gasteiger partial charge in [0.2, 0.25) is 0 Å². The molecule has 0 aliphatic carbocycles. The zero-order valence-electron chi connectivity index (χ0n) is 11.6. The lowest BCUT2D eigenvalue weighted by Crippen LogP contribution is -2.22. The highest BCUT2D eigenvalue weighted by molar-refractivity contribution is 5.68. The molecule has 0 radical (unpaired) electrons. The Labute approximate surface area is 121 Å². The molecule has 0 saturated carbocycles. The average molecular weight is 295 g/mol. The minimum absolute atomic E-state index is 0.119. The summed E-state index contributed by atoms with van der Waals surface area (Å²) >= 11 is 0. The van der Waals surface area contributed by atoms with Crippen LogP contribution in [0.15, 0.2) is 42.6 Å². The molecule has 0 aliphatic rings. The van der Waals surface area contributed by atoms with Gasteiger partial charge in [-0.15, -0.1) is 0 Å². The molecule has 2 rings (SSSR count). The van der Waals surface area contributed by atoms with Crippen LogP contribution in [0.3, 0.4) is 0 Å². The van der Waals surface area contributed by atoms with Gasteiger partial charge in [-0.05, 0) is 30.3 Å². The number of anilines is 2. The number of hydrogen-bond acceptors (Lipinski definition) is 3. The Hall–Kier alpha value is -2.24. The third-order valence-electron chi connectivity index (χ3n) is 3.20. The summed E-state index contributed by atoms with van der Waals surface area (Å²) in [5, 5.41) is 0. The molecule has 0 bridgehead atoms. The van der Waals surface area contributed by atoms with Crippen LogP contribution in [0.5, 0.6) is 0 Å². The Morgan fingerprint density at radius 1 is 1.19 bits per heavy atom. The van der Waals surface area contributed by atoms with Crippen LogP contribution in [0.1, 0.15) is 11.3 Å². The van der Waals surface area contributed by atoms with Crippen molar-refractivity contribution in [2.24, 2.45) is 0 Å². The van der Waals surface area contributed by atoms with E-state index in [4.69, 9.17) is 5.73 Å². The molecule has 2 aromatic rings. The lowest BCUT2D eigenvalue weighted by atomic mass is 10.1. The molecule has 0 amide bonds. The Balaban J connectivity index is 2.07. The van der Waals surface area contributed by atoms with Crippen LogP contribution in [-0.2, 0) is 12.6 Å². The minimum atomic E-state index is -4.38. The number of halogens is 3. The van der Waals surface area contributed by atoms with Crippen LogP contribution in [-0.4, -0.2) is 18.6 Å². The van der Waals surface area contributed by atoms with E-state index in [2.05, 4.69) is 4.98 Å². The van der Waals surface area contributed by atoms with Gasteiger partial charge in [-0.2, -0.15) is 13.2 Å². The van der Waals surface area contributed by atoms with Gasteiger partial charge in [-0.25, -0.2) is 0 Å². The van der Waals surface area contributed by atoms with Crippen molar-refractivity contribution in [3.05, 3.63) is 53.9 Å². The van der Waals surface area contributed by atoms with E-state index in [0.29, 0.717) is 18.7 Å². The zero-order valence-corrected chi connectivity index (χ0v) is 11.6. The molecule has 6 heteroatoms. The largest absolute Gasteiger partial charge is 0.416 e. The smallest absolute Gasteiger partial charge is 0.397 e. The van der Waals surface area contributed by atoms with Crippen molar-refractivity contribution in [1.82, 2.24) is 4.98 Å². The fourth-order valence-corrected chi connectivity index (χ4v) is 2.03. The van der Waals surface area contributed by atoms with Crippen molar-refractivity contribution in [3.63, 3.8) is 0 Å². The van der Waals surface area contributed by atoms with Crippen molar-refractivity contribution in [3.8, 4) is 0 Å². The van der Waals surface area contributed by atoms with Gasteiger partial charge >= 0.3 is 6.18 Å². The van der Waals surface area contributed by atoms with E-state index in [1.165, 1.54) is 6.07 Å². The predicted molar refractivity (Wildman–Crippen MR) is 77.1 cm³/mol. The number of pyridine rings is 1. The Bertz CT molecular complexity index is 597. The molecule has 3 nitrogen and oxygen atoms in total. The summed E-state index contributed by atoms with van der Waals surface area (Å²) in [4.78, 5) is 6.03. The van der Waals surface area contributed by atoms with Gasteiger partial charge in [0.25, 0.3) is 0 Å². The second-order valence-electron chi connectivity index (χ2n) is 4.76. The lowest BCUT2D eigenvalue weighted by Gasteiger charge is -2.21. The first-order valence-corrected chi connectivity index (χ1v) is 6.45. The SMILES string of the molecule is CN(CCc1ccccn1)c1ccc(C(F)(F)F)cc1N. The Morgan fingerprint density at radius 3 is 2.52 bits per heavy atom. The molecule has 0 fully saturated rings. The summed E-state index contributed by atoms with van der Waals surface area (Å²) in [5.41, 5.74) is 6.62. The second-order valence-corrected chi connectivity index (χ2v) is 4.76. The van der Waals surface area contributed by atoms with Crippen LogP contribution in [0, 0.1) is 0 Å². The number of benzene rings is 1. The van der Waals surface area contributed by atoms with Gasteiger partial charge in [0.05, 0.1) is 16.9 Å². The summed E-state index contributed by atoms with van der Waals surface area (Å²) < 4.78 is 37.8. The molecule has 0 saturated heterocycles. The van der Waals surface area contributed by atoms with Gasteiger partial charge in [-0.3, -0.25) is 4.98 Å². The fourth-order valence-electron chi connectivity index (χ4n) is 2.03. The van der Waals surface area contributed by atoms with Crippen LogP contribution in [0.2, 0.25) is 0 Å². The van der Waals surface area contributed by atoms with Crippen molar-refractivity contribution in [2.45, 2.75) is 12.6 Å². The first-order valence-electron chi connectivity index (χ1n) is 6.45. The second kappa shape index (κ2) is 6.03. The van der Waals surface area contributed by atoms with E-state index < -0.39 is 11.7 Å². The van der Waals surface area contributed by atoms with Crippen molar-refractivity contribution in [1.29, 1.82) is 0 Å². The Kier molecular flexibility index (Phi) is 4.35. The number of nitrogens with two attached hydrogens (primary N) is 1. The van der Waals surface area contributed by atoms with E-state index in [-0.39, 0.29) is 5.69 Å². The van der Waals surface area contributed by atoms with Crippen molar-refractivity contribution in [2.75, 3.05) is 24.2 Å². The first-order chi connectivity index (χ1) is 9.88. The highest BCUT2D eigenvalue weighted by atomic mass is 19.4. The van der Waals surface area contributed by atoms with Gasteiger partial charge in [0.15, 0.2) is 0 Å². The predicted octanol–water partition coefficient (Wildman–Crippen LogP) is 3.36. The number of nitrogens with zero attached hydrogens (tertiary/aromatic N) is 2. The van der Waals surface area contributed by atoms with Crippen LogP contribution in [0.25, 0.3) is 0 Å². The number of aromatic nitrogens is 1. The molecule has 0 atom stereocenters. The first kappa shape index (κ1) is 15.2. The maximum absolute atomic E-state index is 12.6. The van der Waals surface area contributed by atoms with E-state index in [1.54, 1.807) is 13.2 Å². The third kappa shape index (κ3) is 3.87. The summed E-state index contributed by atoms with van der Waals surface area (Å²) in [6.07, 6.45) is -1.97. The summed E-state index contributed by atoms with van der Waals surface area (Å²) in [7, 11) is 1.79. The highest BCUT2D eigenvalue weighted by Gasteiger charge is 2.30. The fraction of sp³-hybridized carbons (Fsp3) is 0.267. The number of likely N-dealkylation sites (N-methyl/N-ethyl adjacent to an activating group) is 1. The van der Waals surface area contributed by atoms with Gasteiger partial charge in [-0.1, -0.05) is 6.07 Å². The molecule has 112 valence electrons. The molecule has 1 aromatic heterocycles. The molecule has 1 heterocycles.